The second-order valence-corrected chi connectivity index (χ2v) is 5.88. The Kier molecular flexibility index (Phi) is 3.99. The van der Waals surface area contributed by atoms with Crippen LogP contribution in [0.5, 0.6) is 0 Å². The fraction of sp³-hybridized carbons (Fsp3) is 0.562. The van der Waals surface area contributed by atoms with E-state index < -0.39 is 0 Å². The normalized spacial score (nSPS) is 15.4. The second kappa shape index (κ2) is 5.74. The fourth-order valence-corrected chi connectivity index (χ4v) is 3.23. The SMILES string of the molecule is CCN(CCn1c(CCl)nc2cccc(C)c21)C1CC1. The number of hydrogen-bond acceptors (Lipinski definition) is 2. The molecule has 1 fully saturated rings. The first-order valence-electron chi connectivity index (χ1n) is 7.49. The average Bonchev–Trinajstić information content (AvgIpc) is 3.21. The molecule has 3 rings (SSSR count). The van der Waals surface area contributed by atoms with Gasteiger partial charge in [-0.15, -0.1) is 11.6 Å². The number of aryl methyl sites for hydroxylation is 1. The summed E-state index contributed by atoms with van der Waals surface area (Å²) in [6.45, 7) is 7.60. The molecule has 2 aromatic rings. The zero-order chi connectivity index (χ0) is 14.1. The molecule has 20 heavy (non-hydrogen) atoms. The van der Waals surface area contributed by atoms with Gasteiger partial charge in [0.15, 0.2) is 0 Å². The van der Waals surface area contributed by atoms with Crippen molar-refractivity contribution >= 4 is 22.6 Å². The molecule has 0 N–H and O–H groups in total. The summed E-state index contributed by atoms with van der Waals surface area (Å²) in [5.74, 6) is 1.46. The van der Waals surface area contributed by atoms with Gasteiger partial charge in [0, 0.05) is 19.1 Å². The zero-order valence-electron chi connectivity index (χ0n) is 12.3. The molecule has 0 saturated heterocycles. The highest BCUT2D eigenvalue weighted by molar-refractivity contribution is 6.16. The highest BCUT2D eigenvalue weighted by atomic mass is 35.5. The van der Waals surface area contributed by atoms with Crippen LogP contribution in [-0.4, -0.2) is 33.6 Å². The molecule has 1 aliphatic carbocycles. The van der Waals surface area contributed by atoms with Crippen LogP contribution in [0.25, 0.3) is 11.0 Å². The molecule has 1 heterocycles. The van der Waals surface area contributed by atoms with E-state index >= 15 is 0 Å². The summed E-state index contributed by atoms with van der Waals surface area (Å²) in [5, 5.41) is 0. The number of imidazole rings is 1. The molecule has 1 aromatic carbocycles. The molecule has 1 saturated carbocycles. The second-order valence-electron chi connectivity index (χ2n) is 5.62. The Bertz CT molecular complexity index is 601. The van der Waals surface area contributed by atoms with Gasteiger partial charge in [0.1, 0.15) is 5.82 Å². The van der Waals surface area contributed by atoms with Crippen molar-refractivity contribution in [3.8, 4) is 0 Å². The van der Waals surface area contributed by atoms with E-state index in [0.29, 0.717) is 5.88 Å². The summed E-state index contributed by atoms with van der Waals surface area (Å²) in [6, 6.07) is 7.11. The van der Waals surface area contributed by atoms with Crippen LogP contribution in [0.1, 0.15) is 31.2 Å². The molecule has 108 valence electrons. The largest absolute Gasteiger partial charge is 0.325 e. The van der Waals surface area contributed by atoms with Gasteiger partial charge in [0.25, 0.3) is 0 Å². The van der Waals surface area contributed by atoms with Gasteiger partial charge in [-0.25, -0.2) is 4.98 Å². The van der Waals surface area contributed by atoms with E-state index in [-0.39, 0.29) is 0 Å². The summed E-state index contributed by atoms with van der Waals surface area (Å²) >= 11 is 6.08. The number of nitrogens with zero attached hydrogens (tertiary/aromatic N) is 3. The van der Waals surface area contributed by atoms with Gasteiger partial charge >= 0.3 is 0 Å². The van der Waals surface area contributed by atoms with Gasteiger partial charge < -0.3 is 4.57 Å². The minimum Gasteiger partial charge on any atom is -0.325 e. The lowest BCUT2D eigenvalue weighted by atomic mass is 10.2. The number of aromatic nitrogens is 2. The number of benzene rings is 1. The predicted octanol–water partition coefficient (Wildman–Crippen LogP) is 3.57. The van der Waals surface area contributed by atoms with Crippen LogP contribution in [0.15, 0.2) is 18.2 Å². The average molecular weight is 292 g/mol. The number of rotatable bonds is 6. The standard InChI is InChI=1S/C16H22ClN3/c1-3-19(13-7-8-13)9-10-20-15(11-17)18-14-6-4-5-12(2)16(14)20/h4-6,13H,3,7-11H2,1-2H3. The van der Waals surface area contributed by atoms with E-state index in [0.717, 1.165) is 37.0 Å². The number of fused-ring (bicyclic) bond motifs is 1. The van der Waals surface area contributed by atoms with Gasteiger partial charge in [-0.05, 0) is 37.9 Å². The van der Waals surface area contributed by atoms with Crippen LogP contribution in [0.3, 0.4) is 0 Å². The summed E-state index contributed by atoms with van der Waals surface area (Å²) in [4.78, 5) is 7.24. The lowest BCUT2D eigenvalue weighted by Gasteiger charge is -2.21. The van der Waals surface area contributed by atoms with Crippen molar-refractivity contribution in [2.45, 2.75) is 45.2 Å². The molecule has 0 atom stereocenters. The lowest BCUT2D eigenvalue weighted by Crippen LogP contribution is -2.29. The number of likely N-dealkylation sites (N-methyl/N-ethyl adjacent to an activating group) is 1. The van der Waals surface area contributed by atoms with Gasteiger partial charge in [0.2, 0.25) is 0 Å². The Labute approximate surface area is 125 Å². The van der Waals surface area contributed by atoms with E-state index in [9.17, 15) is 0 Å². The van der Waals surface area contributed by atoms with E-state index in [1.54, 1.807) is 0 Å². The highest BCUT2D eigenvalue weighted by Gasteiger charge is 2.27. The minimum atomic E-state index is 0.476. The Morgan fingerprint density at radius 3 is 2.85 bits per heavy atom. The molecule has 0 amide bonds. The summed E-state index contributed by atoms with van der Waals surface area (Å²) < 4.78 is 2.31. The number of para-hydroxylation sites is 1. The maximum atomic E-state index is 6.08. The van der Waals surface area contributed by atoms with Crippen LogP contribution in [0.2, 0.25) is 0 Å². The van der Waals surface area contributed by atoms with Gasteiger partial charge in [-0.2, -0.15) is 0 Å². The topological polar surface area (TPSA) is 21.1 Å². The van der Waals surface area contributed by atoms with E-state index in [1.807, 2.05) is 0 Å². The molecule has 0 spiro atoms. The third kappa shape index (κ3) is 2.57. The van der Waals surface area contributed by atoms with Crippen LogP contribution >= 0.6 is 11.6 Å². The number of alkyl halides is 1. The van der Waals surface area contributed by atoms with Crippen molar-refractivity contribution in [3.63, 3.8) is 0 Å². The summed E-state index contributed by atoms with van der Waals surface area (Å²) in [5.41, 5.74) is 3.59. The smallest absolute Gasteiger partial charge is 0.124 e. The van der Waals surface area contributed by atoms with Gasteiger partial charge in [0.05, 0.1) is 16.9 Å². The van der Waals surface area contributed by atoms with Crippen LogP contribution in [0.4, 0.5) is 0 Å². The molecule has 1 aliphatic rings. The summed E-state index contributed by atoms with van der Waals surface area (Å²) in [7, 11) is 0. The van der Waals surface area contributed by atoms with Gasteiger partial charge in [-0.1, -0.05) is 19.1 Å². The predicted molar refractivity (Wildman–Crippen MR) is 84.3 cm³/mol. The molecular weight excluding hydrogens is 270 g/mol. The molecule has 1 aromatic heterocycles. The van der Waals surface area contributed by atoms with Crippen molar-refractivity contribution in [2.75, 3.05) is 13.1 Å². The Balaban J connectivity index is 1.88. The van der Waals surface area contributed by atoms with Crippen molar-refractivity contribution in [3.05, 3.63) is 29.6 Å². The van der Waals surface area contributed by atoms with Crippen molar-refractivity contribution in [2.24, 2.45) is 0 Å². The van der Waals surface area contributed by atoms with Crippen molar-refractivity contribution < 1.29 is 0 Å². The number of hydrogen-bond donors (Lipinski definition) is 0. The third-order valence-corrected chi connectivity index (χ3v) is 4.49. The van der Waals surface area contributed by atoms with Crippen molar-refractivity contribution in [1.82, 2.24) is 14.5 Å². The Hall–Kier alpha value is -1.06. The maximum Gasteiger partial charge on any atom is 0.124 e. The molecule has 0 radical (unpaired) electrons. The third-order valence-electron chi connectivity index (χ3n) is 4.25. The molecule has 0 bridgehead atoms. The first-order chi connectivity index (χ1) is 9.74. The minimum absolute atomic E-state index is 0.476. The monoisotopic (exact) mass is 291 g/mol. The number of halogens is 1. The maximum absolute atomic E-state index is 6.08. The first-order valence-corrected chi connectivity index (χ1v) is 8.02. The Morgan fingerprint density at radius 2 is 2.20 bits per heavy atom. The highest BCUT2D eigenvalue weighted by Crippen LogP contribution is 2.27. The molecule has 0 unspecified atom stereocenters. The molecule has 0 aliphatic heterocycles. The fourth-order valence-electron chi connectivity index (χ4n) is 3.02. The van der Waals surface area contributed by atoms with E-state index in [2.05, 4.69) is 46.5 Å². The van der Waals surface area contributed by atoms with Gasteiger partial charge in [-0.3, -0.25) is 4.90 Å². The first kappa shape index (κ1) is 13.9. The van der Waals surface area contributed by atoms with E-state index in [1.165, 1.54) is 23.9 Å². The van der Waals surface area contributed by atoms with Crippen LogP contribution < -0.4 is 0 Å². The van der Waals surface area contributed by atoms with E-state index in [4.69, 9.17) is 11.6 Å². The Morgan fingerprint density at radius 1 is 1.40 bits per heavy atom. The summed E-state index contributed by atoms with van der Waals surface area (Å²) in [6.07, 6.45) is 2.72. The van der Waals surface area contributed by atoms with Crippen LogP contribution in [-0.2, 0) is 12.4 Å². The molecule has 4 heteroatoms. The lowest BCUT2D eigenvalue weighted by molar-refractivity contribution is 0.266. The quantitative estimate of drug-likeness (QED) is 0.759. The van der Waals surface area contributed by atoms with Crippen LogP contribution in [0, 0.1) is 6.92 Å². The molecular formula is C16H22ClN3. The zero-order valence-corrected chi connectivity index (χ0v) is 13.0. The molecule has 3 nitrogen and oxygen atoms in total. The van der Waals surface area contributed by atoms with Crippen molar-refractivity contribution in [1.29, 1.82) is 0 Å².